The fourth-order valence-electron chi connectivity index (χ4n) is 1.50. The van der Waals surface area contributed by atoms with Crippen molar-refractivity contribution in [1.82, 2.24) is 15.1 Å². The summed E-state index contributed by atoms with van der Waals surface area (Å²) in [5.74, 6) is -0.377. The average molecular weight is 317 g/mol. The lowest BCUT2D eigenvalue weighted by molar-refractivity contribution is 0.0976. The predicted octanol–water partition coefficient (Wildman–Crippen LogP) is 0.921. The van der Waals surface area contributed by atoms with Crippen LogP contribution in [0.2, 0.25) is 0 Å². The molecule has 0 atom stereocenters. The summed E-state index contributed by atoms with van der Waals surface area (Å²) in [6.07, 6.45) is 1.57. The van der Waals surface area contributed by atoms with Crippen LogP contribution in [0.5, 0.6) is 0 Å². The summed E-state index contributed by atoms with van der Waals surface area (Å²) in [6, 6.07) is 8.35. The van der Waals surface area contributed by atoms with Crippen LogP contribution in [0.25, 0.3) is 5.69 Å². The van der Waals surface area contributed by atoms with Crippen LogP contribution in [-0.2, 0) is 0 Å². The monoisotopic (exact) mass is 316 g/mol. The largest absolute Gasteiger partial charge is 0.384 e. The number of nitrogens with two attached hydrogens (primary N) is 2. The first-order valence-electron chi connectivity index (χ1n) is 5.13. The number of aromatic nitrogens is 2. The summed E-state index contributed by atoms with van der Waals surface area (Å²) in [4.78, 5) is 11.7. The second-order valence-corrected chi connectivity index (χ2v) is 3.59. The van der Waals surface area contributed by atoms with E-state index in [1.54, 1.807) is 36.5 Å². The number of hydrogen-bond donors (Lipinski definition) is 4. The third kappa shape index (κ3) is 3.87. The molecule has 9 heteroatoms. The molecule has 1 amide bonds. The average Bonchev–Trinajstić information content (AvgIpc) is 2.75. The third-order valence-electron chi connectivity index (χ3n) is 2.27. The van der Waals surface area contributed by atoms with Gasteiger partial charge in [-0.05, 0) is 18.2 Å². The van der Waals surface area contributed by atoms with E-state index in [2.05, 4.69) is 10.4 Å². The highest BCUT2D eigenvalue weighted by Crippen LogP contribution is 2.13. The maximum atomic E-state index is 11.7. The van der Waals surface area contributed by atoms with Gasteiger partial charge in [-0.15, -0.1) is 24.8 Å². The van der Waals surface area contributed by atoms with Gasteiger partial charge in [-0.3, -0.25) is 15.5 Å². The number of benzene rings is 1. The Kier molecular flexibility index (Phi) is 6.54. The second kappa shape index (κ2) is 7.37. The standard InChI is InChI=1S/C11H12N6O.2ClH/c12-9-4-5-15-17(9)8-3-1-2-7(6-8)10(18)16-11(13)14;;/h1-6H,12H2,(H4,13,14,16,18);2*1H. The van der Waals surface area contributed by atoms with Crippen LogP contribution in [0, 0.1) is 5.41 Å². The molecule has 0 aliphatic carbocycles. The lowest BCUT2D eigenvalue weighted by Crippen LogP contribution is -2.35. The number of carbonyl (C=O) groups is 1. The maximum Gasteiger partial charge on any atom is 0.258 e. The molecular weight excluding hydrogens is 303 g/mol. The van der Waals surface area contributed by atoms with E-state index in [0.29, 0.717) is 17.1 Å². The summed E-state index contributed by atoms with van der Waals surface area (Å²) < 4.78 is 1.50. The van der Waals surface area contributed by atoms with Gasteiger partial charge in [-0.25, -0.2) is 4.68 Å². The number of anilines is 1. The van der Waals surface area contributed by atoms with E-state index in [9.17, 15) is 4.79 Å². The number of halogens is 2. The van der Waals surface area contributed by atoms with Crippen molar-refractivity contribution in [2.24, 2.45) is 5.73 Å². The molecule has 0 saturated heterocycles. The van der Waals surface area contributed by atoms with Crippen molar-refractivity contribution in [2.45, 2.75) is 0 Å². The van der Waals surface area contributed by atoms with Gasteiger partial charge in [0.25, 0.3) is 5.91 Å². The Morgan fingerprint density at radius 2 is 2.00 bits per heavy atom. The van der Waals surface area contributed by atoms with Gasteiger partial charge in [0.15, 0.2) is 5.96 Å². The highest BCUT2D eigenvalue weighted by atomic mass is 35.5. The van der Waals surface area contributed by atoms with Gasteiger partial charge < -0.3 is 11.5 Å². The Morgan fingerprint density at radius 1 is 1.30 bits per heavy atom. The number of amides is 1. The van der Waals surface area contributed by atoms with Crippen molar-refractivity contribution in [3.63, 3.8) is 0 Å². The molecule has 0 bridgehead atoms. The van der Waals surface area contributed by atoms with Crippen LogP contribution in [0.3, 0.4) is 0 Å². The van der Waals surface area contributed by atoms with Crippen LogP contribution < -0.4 is 16.8 Å². The quantitative estimate of drug-likeness (QED) is 0.486. The maximum absolute atomic E-state index is 11.7. The molecule has 0 saturated carbocycles. The summed E-state index contributed by atoms with van der Waals surface area (Å²) in [6.45, 7) is 0. The van der Waals surface area contributed by atoms with E-state index < -0.39 is 11.9 Å². The van der Waals surface area contributed by atoms with Gasteiger partial charge in [0.2, 0.25) is 0 Å². The van der Waals surface area contributed by atoms with E-state index in [-0.39, 0.29) is 24.8 Å². The number of rotatable bonds is 2. The molecule has 108 valence electrons. The molecule has 2 rings (SSSR count). The highest BCUT2D eigenvalue weighted by molar-refractivity contribution is 6.04. The van der Waals surface area contributed by atoms with E-state index in [0.717, 1.165) is 0 Å². The van der Waals surface area contributed by atoms with E-state index in [4.69, 9.17) is 16.9 Å². The summed E-state index contributed by atoms with van der Waals surface area (Å²) >= 11 is 0. The number of nitrogen functional groups attached to an aromatic ring is 1. The summed E-state index contributed by atoms with van der Waals surface area (Å²) in [5.41, 5.74) is 11.9. The molecule has 2 aromatic rings. The van der Waals surface area contributed by atoms with Crippen molar-refractivity contribution in [2.75, 3.05) is 5.73 Å². The van der Waals surface area contributed by atoms with E-state index >= 15 is 0 Å². The molecule has 0 aliphatic heterocycles. The molecule has 7 nitrogen and oxygen atoms in total. The molecule has 1 aromatic heterocycles. The van der Waals surface area contributed by atoms with Crippen molar-refractivity contribution in [3.05, 3.63) is 42.1 Å². The third-order valence-corrected chi connectivity index (χ3v) is 2.27. The zero-order valence-electron chi connectivity index (χ0n) is 10.2. The highest BCUT2D eigenvalue weighted by Gasteiger charge is 2.08. The van der Waals surface area contributed by atoms with Crippen molar-refractivity contribution in [3.8, 4) is 5.69 Å². The van der Waals surface area contributed by atoms with Crippen molar-refractivity contribution >= 4 is 42.5 Å². The van der Waals surface area contributed by atoms with Crippen LogP contribution in [0.4, 0.5) is 5.82 Å². The molecule has 0 fully saturated rings. The van der Waals surface area contributed by atoms with Gasteiger partial charge in [0.05, 0.1) is 11.9 Å². The minimum Gasteiger partial charge on any atom is -0.384 e. The molecule has 1 heterocycles. The van der Waals surface area contributed by atoms with Crippen LogP contribution in [-0.4, -0.2) is 21.6 Å². The first-order chi connectivity index (χ1) is 8.58. The molecule has 1 aromatic carbocycles. The molecule has 0 unspecified atom stereocenters. The van der Waals surface area contributed by atoms with Gasteiger partial charge in [-0.1, -0.05) is 6.07 Å². The molecule has 0 aliphatic rings. The van der Waals surface area contributed by atoms with Crippen LogP contribution in [0.1, 0.15) is 10.4 Å². The topological polar surface area (TPSA) is 123 Å². The number of guanidine groups is 1. The van der Waals surface area contributed by atoms with E-state index in [1.807, 2.05) is 0 Å². The molecule has 0 spiro atoms. The fraction of sp³-hybridized carbons (Fsp3) is 0. The Hall–Kier alpha value is -2.25. The Morgan fingerprint density at radius 3 is 2.55 bits per heavy atom. The van der Waals surface area contributed by atoms with Gasteiger partial charge in [0.1, 0.15) is 5.82 Å². The Balaban J connectivity index is 0.00000180. The Labute approximate surface area is 127 Å². The second-order valence-electron chi connectivity index (χ2n) is 3.59. The molecule has 6 N–H and O–H groups in total. The van der Waals surface area contributed by atoms with Crippen molar-refractivity contribution < 1.29 is 4.79 Å². The fourth-order valence-corrected chi connectivity index (χ4v) is 1.50. The summed E-state index contributed by atoms with van der Waals surface area (Å²) in [5, 5.41) is 13.3. The number of carbonyl (C=O) groups excluding carboxylic acids is 1. The molecule has 0 radical (unpaired) electrons. The Bertz CT molecular complexity index is 612. The number of hydrogen-bond acceptors (Lipinski definition) is 4. The normalized spacial score (nSPS) is 9.00. The smallest absolute Gasteiger partial charge is 0.258 e. The lowest BCUT2D eigenvalue weighted by Gasteiger charge is -2.07. The molecule has 20 heavy (non-hydrogen) atoms. The lowest BCUT2D eigenvalue weighted by atomic mass is 10.2. The van der Waals surface area contributed by atoms with Crippen molar-refractivity contribution in [1.29, 1.82) is 5.41 Å². The first kappa shape index (κ1) is 17.8. The van der Waals surface area contributed by atoms with Crippen LogP contribution >= 0.6 is 24.8 Å². The van der Waals surface area contributed by atoms with Crippen LogP contribution in [0.15, 0.2) is 36.5 Å². The van der Waals surface area contributed by atoms with Gasteiger partial charge in [-0.2, -0.15) is 5.10 Å². The van der Waals surface area contributed by atoms with Gasteiger partial charge in [0, 0.05) is 11.6 Å². The summed E-state index contributed by atoms with van der Waals surface area (Å²) in [7, 11) is 0. The number of nitrogens with one attached hydrogen (secondary N) is 2. The zero-order valence-corrected chi connectivity index (χ0v) is 11.9. The first-order valence-corrected chi connectivity index (χ1v) is 5.13. The minimum absolute atomic E-state index is 0. The number of nitrogens with zero attached hydrogens (tertiary/aromatic N) is 2. The SMILES string of the molecule is Cl.Cl.N=C(N)NC(=O)c1cccc(-n2nccc2N)c1. The zero-order chi connectivity index (χ0) is 13.1. The van der Waals surface area contributed by atoms with Gasteiger partial charge >= 0.3 is 0 Å². The predicted molar refractivity (Wildman–Crippen MR) is 81.9 cm³/mol. The van der Waals surface area contributed by atoms with E-state index in [1.165, 1.54) is 4.68 Å². The molecular formula is C11H14Cl2N6O. The minimum atomic E-state index is -0.449.